The number of fused-ring (bicyclic) bond motifs is 1. The summed E-state index contributed by atoms with van der Waals surface area (Å²) in [6.45, 7) is 3.79. The standard InChI is InChI=1S/C24H40FN3O2/c1-14-9-10-21(25)20-13-22(28-23(14)20)24(30)27-19-8-4-6-17(12-19)16-5-3-7-18(11-16)26-15(2)29/h14,16-23,28H,3-13H2,1-2H3,(H,26,29)(H,27,30). The van der Waals surface area contributed by atoms with E-state index >= 15 is 0 Å². The summed E-state index contributed by atoms with van der Waals surface area (Å²) >= 11 is 0. The van der Waals surface area contributed by atoms with E-state index in [0.29, 0.717) is 36.6 Å². The minimum absolute atomic E-state index is 0.00319. The maximum atomic E-state index is 14.4. The lowest BCUT2D eigenvalue weighted by Gasteiger charge is -2.39. The van der Waals surface area contributed by atoms with Crippen molar-refractivity contribution in [2.24, 2.45) is 23.7 Å². The largest absolute Gasteiger partial charge is 0.354 e. The smallest absolute Gasteiger partial charge is 0.237 e. The quantitative estimate of drug-likeness (QED) is 0.651. The van der Waals surface area contributed by atoms with Gasteiger partial charge in [0.25, 0.3) is 0 Å². The Balaban J connectivity index is 1.29. The maximum absolute atomic E-state index is 14.4. The molecular weight excluding hydrogens is 381 g/mol. The first-order valence-electron chi connectivity index (χ1n) is 12.4. The van der Waals surface area contributed by atoms with Gasteiger partial charge in [-0.3, -0.25) is 9.59 Å². The lowest BCUT2D eigenvalue weighted by Crippen LogP contribution is -2.50. The Hall–Kier alpha value is -1.17. The van der Waals surface area contributed by atoms with Crippen LogP contribution in [-0.2, 0) is 9.59 Å². The van der Waals surface area contributed by atoms with E-state index in [9.17, 15) is 14.0 Å². The molecule has 3 saturated carbocycles. The van der Waals surface area contributed by atoms with Crippen LogP contribution in [0.3, 0.4) is 0 Å². The molecule has 0 aromatic carbocycles. The van der Waals surface area contributed by atoms with Crippen molar-refractivity contribution in [1.29, 1.82) is 0 Å². The molecule has 170 valence electrons. The lowest BCUT2D eigenvalue weighted by atomic mass is 9.71. The highest BCUT2D eigenvalue weighted by Crippen LogP contribution is 2.40. The predicted octanol–water partition coefficient (Wildman–Crippen LogP) is 3.47. The van der Waals surface area contributed by atoms with E-state index in [2.05, 4.69) is 22.9 Å². The van der Waals surface area contributed by atoms with Crippen LogP contribution < -0.4 is 16.0 Å². The van der Waals surface area contributed by atoms with Crippen LogP contribution in [0.25, 0.3) is 0 Å². The number of nitrogens with one attached hydrogen (secondary N) is 3. The van der Waals surface area contributed by atoms with Crippen LogP contribution in [0.15, 0.2) is 0 Å². The summed E-state index contributed by atoms with van der Waals surface area (Å²) in [7, 11) is 0. The molecule has 9 unspecified atom stereocenters. The van der Waals surface area contributed by atoms with Crippen molar-refractivity contribution in [3.05, 3.63) is 0 Å². The van der Waals surface area contributed by atoms with Crippen molar-refractivity contribution < 1.29 is 14.0 Å². The summed E-state index contributed by atoms with van der Waals surface area (Å²) in [5, 5.41) is 9.90. The van der Waals surface area contributed by atoms with E-state index in [1.807, 2.05) is 0 Å². The van der Waals surface area contributed by atoms with Gasteiger partial charge in [0.1, 0.15) is 6.17 Å². The molecular formula is C24H40FN3O2. The van der Waals surface area contributed by atoms with Gasteiger partial charge in [0.2, 0.25) is 11.8 Å². The van der Waals surface area contributed by atoms with Crippen LogP contribution in [0.5, 0.6) is 0 Å². The van der Waals surface area contributed by atoms with Gasteiger partial charge in [-0.2, -0.15) is 0 Å². The Morgan fingerprint density at radius 2 is 1.50 bits per heavy atom. The number of halogens is 1. The zero-order valence-electron chi connectivity index (χ0n) is 18.7. The fourth-order valence-corrected chi connectivity index (χ4v) is 6.96. The molecule has 4 aliphatic rings. The van der Waals surface area contributed by atoms with Gasteiger partial charge < -0.3 is 16.0 Å². The minimum Gasteiger partial charge on any atom is -0.354 e. The minimum atomic E-state index is -0.765. The van der Waals surface area contributed by atoms with Gasteiger partial charge in [-0.1, -0.05) is 32.6 Å². The highest BCUT2D eigenvalue weighted by molar-refractivity contribution is 5.82. The molecule has 0 spiro atoms. The van der Waals surface area contributed by atoms with E-state index in [1.54, 1.807) is 6.92 Å². The molecule has 4 fully saturated rings. The lowest BCUT2D eigenvalue weighted by molar-refractivity contribution is -0.124. The van der Waals surface area contributed by atoms with Crippen molar-refractivity contribution in [2.75, 3.05) is 0 Å². The van der Waals surface area contributed by atoms with Crippen molar-refractivity contribution in [3.8, 4) is 0 Å². The molecule has 1 heterocycles. The van der Waals surface area contributed by atoms with E-state index in [-0.39, 0.29) is 35.9 Å². The maximum Gasteiger partial charge on any atom is 0.237 e. The van der Waals surface area contributed by atoms with E-state index in [4.69, 9.17) is 0 Å². The second kappa shape index (κ2) is 9.54. The van der Waals surface area contributed by atoms with Crippen molar-refractivity contribution >= 4 is 11.8 Å². The van der Waals surface area contributed by atoms with E-state index in [1.165, 1.54) is 19.3 Å². The first kappa shape index (κ1) is 22.0. The van der Waals surface area contributed by atoms with Crippen LogP contribution in [0.2, 0.25) is 0 Å². The Kier molecular flexibility index (Phi) is 7.01. The molecule has 5 nitrogen and oxygen atoms in total. The Bertz CT molecular complexity index is 612. The molecule has 0 bridgehead atoms. The zero-order chi connectivity index (χ0) is 21.3. The highest BCUT2D eigenvalue weighted by Gasteiger charge is 2.46. The molecule has 3 aliphatic carbocycles. The topological polar surface area (TPSA) is 70.2 Å². The first-order chi connectivity index (χ1) is 14.4. The number of alkyl halides is 1. The number of rotatable bonds is 4. The average molecular weight is 422 g/mol. The SMILES string of the molecule is CC(=O)NC1CCCC(C2CCCC(NC(=O)C3CC4C(F)CCC(C)C4N3)C2)C1. The van der Waals surface area contributed by atoms with Crippen LogP contribution in [0.1, 0.15) is 84.5 Å². The number of carbonyl (C=O) groups excluding carboxylic acids is 2. The number of carbonyl (C=O) groups is 2. The van der Waals surface area contributed by atoms with Crippen molar-refractivity contribution in [3.63, 3.8) is 0 Å². The Labute approximate surface area is 180 Å². The molecule has 1 aliphatic heterocycles. The zero-order valence-corrected chi connectivity index (χ0v) is 18.7. The molecule has 3 N–H and O–H groups in total. The van der Waals surface area contributed by atoms with Crippen molar-refractivity contribution in [1.82, 2.24) is 16.0 Å². The second-order valence-electron chi connectivity index (χ2n) is 10.7. The van der Waals surface area contributed by atoms with Gasteiger partial charge in [-0.05, 0) is 62.7 Å². The third-order valence-corrected chi connectivity index (χ3v) is 8.50. The number of hydrogen-bond donors (Lipinski definition) is 3. The average Bonchev–Trinajstić information content (AvgIpc) is 3.18. The molecule has 9 atom stereocenters. The normalized spacial score (nSPS) is 44.2. The Morgan fingerprint density at radius 3 is 2.10 bits per heavy atom. The van der Waals surface area contributed by atoms with Crippen LogP contribution >= 0.6 is 0 Å². The third kappa shape index (κ3) is 5.00. The fraction of sp³-hybridized carbons (Fsp3) is 0.917. The molecule has 1 saturated heterocycles. The van der Waals surface area contributed by atoms with Crippen LogP contribution in [-0.4, -0.2) is 42.2 Å². The highest BCUT2D eigenvalue weighted by atomic mass is 19.1. The number of amides is 2. The molecule has 0 aromatic rings. The Morgan fingerprint density at radius 1 is 0.867 bits per heavy atom. The summed E-state index contributed by atoms with van der Waals surface area (Å²) in [6, 6.07) is 0.466. The van der Waals surface area contributed by atoms with Crippen LogP contribution in [0, 0.1) is 23.7 Å². The molecule has 0 radical (unpaired) electrons. The van der Waals surface area contributed by atoms with E-state index < -0.39 is 6.17 Å². The molecule has 2 amide bonds. The van der Waals surface area contributed by atoms with Gasteiger partial charge in [-0.15, -0.1) is 0 Å². The summed E-state index contributed by atoms with van der Waals surface area (Å²) in [5.74, 6) is 1.88. The summed E-state index contributed by atoms with van der Waals surface area (Å²) in [6.07, 6.45) is 10.5. The van der Waals surface area contributed by atoms with Gasteiger partial charge in [0, 0.05) is 31.0 Å². The molecule has 6 heteroatoms. The number of hydrogen-bond acceptors (Lipinski definition) is 3. The van der Waals surface area contributed by atoms with Gasteiger partial charge in [-0.25, -0.2) is 4.39 Å². The van der Waals surface area contributed by atoms with Gasteiger partial charge >= 0.3 is 0 Å². The van der Waals surface area contributed by atoms with Gasteiger partial charge in [0.15, 0.2) is 0 Å². The first-order valence-corrected chi connectivity index (χ1v) is 12.4. The summed E-state index contributed by atoms with van der Waals surface area (Å²) in [4.78, 5) is 24.4. The summed E-state index contributed by atoms with van der Waals surface area (Å²) < 4.78 is 14.4. The van der Waals surface area contributed by atoms with Crippen molar-refractivity contribution in [2.45, 2.75) is 115 Å². The predicted molar refractivity (Wildman–Crippen MR) is 116 cm³/mol. The molecule has 4 rings (SSSR count). The second-order valence-corrected chi connectivity index (χ2v) is 10.7. The molecule has 0 aromatic heterocycles. The molecule has 30 heavy (non-hydrogen) atoms. The fourth-order valence-electron chi connectivity index (χ4n) is 6.96. The summed E-state index contributed by atoms with van der Waals surface area (Å²) in [5.41, 5.74) is 0. The van der Waals surface area contributed by atoms with E-state index in [0.717, 1.165) is 38.5 Å². The monoisotopic (exact) mass is 421 g/mol. The van der Waals surface area contributed by atoms with Crippen LogP contribution in [0.4, 0.5) is 4.39 Å². The van der Waals surface area contributed by atoms with Gasteiger partial charge in [0.05, 0.1) is 6.04 Å². The third-order valence-electron chi connectivity index (χ3n) is 8.50.